The normalized spacial score (nSPS) is 29.1. The Morgan fingerprint density at radius 3 is 2.67 bits per heavy atom. The molecule has 0 bridgehead atoms. The van der Waals surface area contributed by atoms with E-state index in [1.165, 1.54) is 0 Å². The number of rotatable bonds is 4. The Kier molecular flexibility index (Phi) is 4.04. The van der Waals surface area contributed by atoms with Gasteiger partial charge in [0.05, 0.1) is 5.37 Å². The summed E-state index contributed by atoms with van der Waals surface area (Å²) in [6, 6.07) is -0.819. The molecule has 5 nitrogen and oxygen atoms in total. The van der Waals surface area contributed by atoms with Gasteiger partial charge in [-0.1, -0.05) is 6.92 Å². The van der Waals surface area contributed by atoms with Gasteiger partial charge in [0.25, 0.3) is 0 Å². The Morgan fingerprint density at radius 1 is 1.50 bits per heavy atom. The molecule has 2 N–H and O–H groups in total. The molecule has 0 aromatic rings. The molecule has 18 heavy (non-hydrogen) atoms. The Labute approximate surface area is 111 Å². The van der Waals surface area contributed by atoms with E-state index < -0.39 is 12.0 Å². The Bertz CT molecular complexity index is 346. The lowest BCUT2D eigenvalue weighted by atomic mass is 10.2. The molecular formula is C12H20N2O3S. The lowest BCUT2D eigenvalue weighted by molar-refractivity contribution is -0.141. The van der Waals surface area contributed by atoms with E-state index in [1.807, 2.05) is 13.8 Å². The van der Waals surface area contributed by atoms with Crippen molar-refractivity contribution in [3.8, 4) is 0 Å². The average molecular weight is 272 g/mol. The lowest BCUT2D eigenvalue weighted by Gasteiger charge is -2.28. The summed E-state index contributed by atoms with van der Waals surface area (Å²) in [6.45, 7) is 3.93. The summed E-state index contributed by atoms with van der Waals surface area (Å²) in [5.74, 6) is 0.0942. The summed E-state index contributed by atoms with van der Waals surface area (Å²) in [5.41, 5.74) is 0. The SMILES string of the molecule is CCC(C)NC(=O)N1C(C(=O)O)CSC1C1CC1. The predicted molar refractivity (Wildman–Crippen MR) is 70.5 cm³/mol. The molecule has 2 rings (SSSR count). The van der Waals surface area contributed by atoms with Crippen molar-refractivity contribution in [2.45, 2.75) is 50.6 Å². The number of carbonyl (C=O) groups excluding carboxylic acids is 1. The van der Waals surface area contributed by atoms with Crippen molar-refractivity contribution in [1.82, 2.24) is 10.2 Å². The van der Waals surface area contributed by atoms with Gasteiger partial charge in [-0.25, -0.2) is 9.59 Å². The van der Waals surface area contributed by atoms with E-state index in [4.69, 9.17) is 0 Å². The molecule has 0 aromatic heterocycles. The van der Waals surface area contributed by atoms with Gasteiger partial charge in [-0.05, 0) is 32.1 Å². The zero-order chi connectivity index (χ0) is 13.3. The molecular weight excluding hydrogens is 252 g/mol. The number of hydrogen-bond donors (Lipinski definition) is 2. The van der Waals surface area contributed by atoms with Gasteiger partial charge in [-0.2, -0.15) is 0 Å². The second-order valence-electron chi connectivity index (χ2n) is 5.08. The zero-order valence-electron chi connectivity index (χ0n) is 10.8. The predicted octanol–water partition coefficient (Wildman–Crippen LogP) is 1.73. The highest BCUT2D eigenvalue weighted by Crippen LogP contribution is 2.45. The average Bonchev–Trinajstić information content (AvgIpc) is 3.06. The fraction of sp³-hybridized carbons (Fsp3) is 0.833. The van der Waals surface area contributed by atoms with Gasteiger partial charge in [-0.3, -0.25) is 4.90 Å². The number of carbonyl (C=O) groups is 2. The summed E-state index contributed by atoms with van der Waals surface area (Å²) in [7, 11) is 0. The molecule has 0 radical (unpaired) electrons. The minimum atomic E-state index is -0.898. The molecule has 2 fully saturated rings. The molecule has 1 saturated carbocycles. The third kappa shape index (κ3) is 2.74. The number of amides is 2. The number of urea groups is 1. The summed E-state index contributed by atoms with van der Waals surface area (Å²) in [6.07, 6.45) is 3.06. The minimum Gasteiger partial charge on any atom is -0.480 e. The molecule has 2 aliphatic rings. The van der Waals surface area contributed by atoms with Crippen LogP contribution in [0.15, 0.2) is 0 Å². The molecule has 3 unspecified atom stereocenters. The van der Waals surface area contributed by atoms with E-state index in [1.54, 1.807) is 16.7 Å². The van der Waals surface area contributed by atoms with Crippen LogP contribution in [0.2, 0.25) is 0 Å². The van der Waals surface area contributed by atoms with E-state index in [-0.39, 0.29) is 17.4 Å². The lowest BCUT2D eigenvalue weighted by Crippen LogP contribution is -2.52. The topological polar surface area (TPSA) is 69.6 Å². The maximum absolute atomic E-state index is 12.2. The second-order valence-corrected chi connectivity index (χ2v) is 6.23. The van der Waals surface area contributed by atoms with Gasteiger partial charge in [0.1, 0.15) is 6.04 Å². The van der Waals surface area contributed by atoms with Crippen LogP contribution in [-0.4, -0.2) is 45.2 Å². The number of nitrogens with one attached hydrogen (secondary N) is 1. The van der Waals surface area contributed by atoms with Gasteiger partial charge < -0.3 is 10.4 Å². The van der Waals surface area contributed by atoms with E-state index in [2.05, 4.69) is 5.32 Å². The second kappa shape index (κ2) is 5.38. The number of nitrogens with zero attached hydrogens (tertiary/aromatic N) is 1. The van der Waals surface area contributed by atoms with Crippen molar-refractivity contribution in [3.63, 3.8) is 0 Å². The zero-order valence-corrected chi connectivity index (χ0v) is 11.6. The quantitative estimate of drug-likeness (QED) is 0.817. The summed E-state index contributed by atoms with van der Waals surface area (Å²) in [4.78, 5) is 25.0. The van der Waals surface area contributed by atoms with Gasteiger partial charge in [0.2, 0.25) is 0 Å². The molecule has 102 valence electrons. The van der Waals surface area contributed by atoms with Crippen molar-refractivity contribution >= 4 is 23.8 Å². The Balaban J connectivity index is 2.07. The molecule has 1 aliphatic carbocycles. The first-order chi connectivity index (χ1) is 8.54. The van der Waals surface area contributed by atoms with E-state index >= 15 is 0 Å². The molecule has 1 saturated heterocycles. The van der Waals surface area contributed by atoms with E-state index in [0.29, 0.717) is 11.7 Å². The van der Waals surface area contributed by atoms with Crippen LogP contribution in [0.4, 0.5) is 4.79 Å². The minimum absolute atomic E-state index is 0.0511. The number of hydrogen-bond acceptors (Lipinski definition) is 3. The third-order valence-electron chi connectivity index (χ3n) is 3.56. The monoisotopic (exact) mass is 272 g/mol. The van der Waals surface area contributed by atoms with Crippen LogP contribution in [0.3, 0.4) is 0 Å². The van der Waals surface area contributed by atoms with Crippen LogP contribution in [-0.2, 0) is 4.79 Å². The first-order valence-corrected chi connectivity index (χ1v) is 7.52. The van der Waals surface area contributed by atoms with Crippen LogP contribution in [0, 0.1) is 5.92 Å². The van der Waals surface area contributed by atoms with Crippen molar-refractivity contribution in [2.24, 2.45) is 5.92 Å². The molecule has 3 atom stereocenters. The van der Waals surface area contributed by atoms with Crippen molar-refractivity contribution in [2.75, 3.05) is 5.75 Å². The third-order valence-corrected chi connectivity index (χ3v) is 5.02. The van der Waals surface area contributed by atoms with Crippen LogP contribution in [0.5, 0.6) is 0 Å². The summed E-state index contributed by atoms with van der Waals surface area (Å²) >= 11 is 1.60. The summed E-state index contributed by atoms with van der Waals surface area (Å²) in [5, 5.41) is 12.1. The number of carboxylic acid groups (broad SMARTS) is 1. The van der Waals surface area contributed by atoms with Crippen LogP contribution in [0.25, 0.3) is 0 Å². The molecule has 6 heteroatoms. The highest BCUT2D eigenvalue weighted by Gasteiger charge is 2.48. The van der Waals surface area contributed by atoms with Gasteiger partial charge in [0.15, 0.2) is 0 Å². The highest BCUT2D eigenvalue weighted by atomic mass is 32.2. The molecule has 0 aromatic carbocycles. The Morgan fingerprint density at radius 2 is 2.17 bits per heavy atom. The maximum atomic E-state index is 12.2. The van der Waals surface area contributed by atoms with Crippen molar-refractivity contribution in [3.05, 3.63) is 0 Å². The van der Waals surface area contributed by atoms with Crippen LogP contribution in [0.1, 0.15) is 33.1 Å². The maximum Gasteiger partial charge on any atom is 0.327 e. The van der Waals surface area contributed by atoms with Gasteiger partial charge >= 0.3 is 12.0 Å². The van der Waals surface area contributed by atoms with Gasteiger partial charge in [-0.15, -0.1) is 11.8 Å². The fourth-order valence-corrected chi connectivity index (χ4v) is 3.74. The van der Waals surface area contributed by atoms with Crippen molar-refractivity contribution in [1.29, 1.82) is 0 Å². The Hall–Kier alpha value is -0.910. The van der Waals surface area contributed by atoms with E-state index in [0.717, 1.165) is 19.3 Å². The largest absolute Gasteiger partial charge is 0.480 e. The smallest absolute Gasteiger partial charge is 0.327 e. The molecule has 1 heterocycles. The first-order valence-electron chi connectivity index (χ1n) is 6.47. The van der Waals surface area contributed by atoms with Gasteiger partial charge in [0, 0.05) is 11.8 Å². The standard InChI is InChI=1S/C12H20N2O3S/c1-3-7(2)13-12(17)14-9(11(15)16)6-18-10(14)8-4-5-8/h7-10H,3-6H2,1-2H3,(H,13,17)(H,15,16). The summed E-state index contributed by atoms with van der Waals surface area (Å²) < 4.78 is 0. The number of thioether (sulfide) groups is 1. The molecule has 2 amide bonds. The first kappa shape index (κ1) is 13.5. The van der Waals surface area contributed by atoms with Crippen LogP contribution >= 0.6 is 11.8 Å². The van der Waals surface area contributed by atoms with Crippen LogP contribution < -0.4 is 5.32 Å². The molecule has 1 aliphatic heterocycles. The highest BCUT2D eigenvalue weighted by molar-refractivity contribution is 8.00. The van der Waals surface area contributed by atoms with Crippen molar-refractivity contribution < 1.29 is 14.7 Å². The fourth-order valence-electron chi connectivity index (χ4n) is 2.11. The van der Waals surface area contributed by atoms with E-state index in [9.17, 15) is 14.7 Å². The molecule has 0 spiro atoms. The number of carboxylic acids is 1. The number of aliphatic carboxylic acids is 1.